The summed E-state index contributed by atoms with van der Waals surface area (Å²) in [6, 6.07) is 3.96. The largest absolute Gasteiger partial charge is 0.468 e. The molecule has 2 heterocycles. The van der Waals surface area contributed by atoms with Crippen LogP contribution in [0.1, 0.15) is 30.0 Å². The molecule has 3 nitrogen and oxygen atoms in total. The van der Waals surface area contributed by atoms with Gasteiger partial charge in [0.25, 0.3) is 0 Å². The zero-order valence-corrected chi connectivity index (χ0v) is 11.6. The molecule has 2 aromatic rings. The minimum atomic E-state index is 0.0790. The molecule has 2 rings (SSSR count). The molecular weight excluding hydrogens is 252 g/mol. The Morgan fingerprint density at radius 1 is 1.59 bits per heavy atom. The second kappa shape index (κ2) is 5.71. The molecule has 17 heavy (non-hydrogen) atoms. The Hall–Kier alpha value is -0.780. The monoisotopic (exact) mass is 268 g/mol. The second-order valence-corrected chi connectivity index (χ2v) is 6.13. The molecule has 0 saturated heterocycles. The average molecular weight is 268 g/mol. The average Bonchev–Trinajstić information content (AvgIpc) is 2.96. The molecule has 0 aromatic carbocycles. The summed E-state index contributed by atoms with van der Waals surface area (Å²) in [5.74, 6) is 0.928. The van der Waals surface area contributed by atoms with Crippen LogP contribution in [0.4, 0.5) is 0 Å². The fourth-order valence-electron chi connectivity index (χ4n) is 1.52. The number of furan rings is 1. The smallest absolute Gasteiger partial charge is 0.150 e. The van der Waals surface area contributed by atoms with Crippen LogP contribution < -0.4 is 5.73 Å². The maximum atomic E-state index is 6.16. The maximum absolute atomic E-state index is 6.16. The number of aromatic nitrogens is 1. The van der Waals surface area contributed by atoms with E-state index in [4.69, 9.17) is 10.2 Å². The van der Waals surface area contributed by atoms with Gasteiger partial charge in [0.1, 0.15) is 5.76 Å². The molecule has 0 aliphatic heterocycles. The number of nitrogens with zero attached hydrogens (tertiary/aromatic N) is 1. The molecule has 0 saturated carbocycles. The molecule has 2 N–H and O–H groups in total. The fourth-order valence-corrected chi connectivity index (χ4v) is 3.75. The van der Waals surface area contributed by atoms with Gasteiger partial charge in [-0.3, -0.25) is 0 Å². The van der Waals surface area contributed by atoms with E-state index in [2.05, 4.69) is 17.3 Å². The molecule has 2 aromatic heterocycles. The molecule has 0 aliphatic carbocycles. The Kier molecular flexibility index (Phi) is 4.25. The molecule has 92 valence electrons. The number of hydrogen-bond donors (Lipinski definition) is 1. The Bertz CT molecular complexity index is 453. The van der Waals surface area contributed by atoms with Crippen molar-refractivity contribution in [3.63, 3.8) is 0 Å². The predicted molar refractivity (Wildman–Crippen MR) is 72.4 cm³/mol. The van der Waals surface area contributed by atoms with Gasteiger partial charge in [0.15, 0.2) is 4.34 Å². The van der Waals surface area contributed by atoms with Crippen LogP contribution in [0.5, 0.6) is 0 Å². The SMILES string of the molecule is CCC(N)C(Sc1nc(C)cs1)c1ccco1. The Morgan fingerprint density at radius 3 is 2.94 bits per heavy atom. The van der Waals surface area contributed by atoms with E-state index in [1.807, 2.05) is 19.1 Å². The highest BCUT2D eigenvalue weighted by Crippen LogP contribution is 2.39. The van der Waals surface area contributed by atoms with Gasteiger partial charge in [-0.05, 0) is 25.5 Å². The highest BCUT2D eigenvalue weighted by atomic mass is 32.2. The fraction of sp³-hybridized carbons (Fsp3) is 0.417. The quantitative estimate of drug-likeness (QED) is 0.842. The van der Waals surface area contributed by atoms with Crippen LogP contribution in [-0.4, -0.2) is 11.0 Å². The van der Waals surface area contributed by atoms with Gasteiger partial charge in [-0.1, -0.05) is 18.7 Å². The Labute approximate surface area is 109 Å². The predicted octanol–water partition coefficient (Wildman–Crippen LogP) is 3.62. The first-order valence-electron chi connectivity index (χ1n) is 5.58. The van der Waals surface area contributed by atoms with E-state index >= 15 is 0 Å². The molecule has 0 amide bonds. The van der Waals surface area contributed by atoms with Crippen molar-refractivity contribution in [1.29, 1.82) is 0 Å². The highest BCUT2D eigenvalue weighted by molar-refractivity contribution is 8.01. The Balaban J connectivity index is 2.17. The van der Waals surface area contributed by atoms with Crippen molar-refractivity contribution in [2.45, 2.75) is 35.9 Å². The first-order chi connectivity index (χ1) is 8.20. The standard InChI is InChI=1S/C12H16N2OS2/c1-3-9(13)11(10-5-4-6-15-10)17-12-14-8(2)7-16-12/h4-7,9,11H,3,13H2,1-2H3. The topological polar surface area (TPSA) is 52.0 Å². The van der Waals surface area contributed by atoms with Gasteiger partial charge < -0.3 is 10.2 Å². The summed E-state index contributed by atoms with van der Waals surface area (Å²) in [6.07, 6.45) is 2.61. The molecule has 0 spiro atoms. The first-order valence-corrected chi connectivity index (χ1v) is 7.34. The highest BCUT2D eigenvalue weighted by Gasteiger charge is 2.23. The van der Waals surface area contributed by atoms with Gasteiger partial charge >= 0.3 is 0 Å². The minimum absolute atomic E-state index is 0.0790. The van der Waals surface area contributed by atoms with Crippen molar-refractivity contribution in [3.05, 3.63) is 35.2 Å². The summed E-state index contributed by atoms with van der Waals surface area (Å²) in [7, 11) is 0. The van der Waals surface area contributed by atoms with E-state index in [1.165, 1.54) is 0 Å². The molecule has 0 aliphatic rings. The summed E-state index contributed by atoms with van der Waals surface area (Å²) < 4.78 is 6.52. The summed E-state index contributed by atoms with van der Waals surface area (Å²) in [6.45, 7) is 4.09. The van der Waals surface area contributed by atoms with Crippen molar-refractivity contribution in [2.75, 3.05) is 0 Å². The lowest BCUT2D eigenvalue weighted by molar-refractivity contribution is 0.474. The van der Waals surface area contributed by atoms with Crippen LogP contribution in [0, 0.1) is 6.92 Å². The molecular formula is C12H16N2OS2. The third-order valence-electron chi connectivity index (χ3n) is 2.51. The molecule has 0 fully saturated rings. The van der Waals surface area contributed by atoms with Crippen LogP contribution in [0.2, 0.25) is 0 Å². The summed E-state index contributed by atoms with van der Waals surface area (Å²) >= 11 is 3.35. The summed E-state index contributed by atoms with van der Waals surface area (Å²) in [5.41, 5.74) is 7.22. The van der Waals surface area contributed by atoms with Gasteiger partial charge in [0.05, 0.1) is 11.5 Å². The molecule has 2 unspecified atom stereocenters. The van der Waals surface area contributed by atoms with Gasteiger partial charge in [0, 0.05) is 17.1 Å². The Morgan fingerprint density at radius 2 is 2.41 bits per heavy atom. The van der Waals surface area contributed by atoms with E-state index in [9.17, 15) is 0 Å². The third kappa shape index (κ3) is 3.12. The van der Waals surface area contributed by atoms with Crippen molar-refractivity contribution >= 4 is 23.1 Å². The van der Waals surface area contributed by atoms with E-state index in [1.54, 1.807) is 29.4 Å². The molecule has 0 radical (unpaired) electrons. The van der Waals surface area contributed by atoms with Crippen LogP contribution >= 0.6 is 23.1 Å². The number of thioether (sulfide) groups is 1. The first kappa shape index (κ1) is 12.7. The summed E-state index contributed by atoms with van der Waals surface area (Å²) in [4.78, 5) is 4.46. The molecule has 5 heteroatoms. The van der Waals surface area contributed by atoms with Gasteiger partial charge in [-0.2, -0.15) is 0 Å². The van der Waals surface area contributed by atoms with E-state index in [-0.39, 0.29) is 11.3 Å². The maximum Gasteiger partial charge on any atom is 0.150 e. The zero-order chi connectivity index (χ0) is 12.3. The number of nitrogens with two attached hydrogens (primary N) is 1. The van der Waals surface area contributed by atoms with E-state index in [0.29, 0.717) is 0 Å². The van der Waals surface area contributed by atoms with Crippen molar-refractivity contribution in [3.8, 4) is 0 Å². The number of aryl methyl sites for hydroxylation is 1. The van der Waals surface area contributed by atoms with E-state index < -0.39 is 0 Å². The third-order valence-corrected chi connectivity index (χ3v) is 4.97. The van der Waals surface area contributed by atoms with Gasteiger partial charge in [-0.15, -0.1) is 11.3 Å². The van der Waals surface area contributed by atoms with Gasteiger partial charge in [0.2, 0.25) is 0 Å². The lowest BCUT2D eigenvalue weighted by Gasteiger charge is -2.18. The van der Waals surface area contributed by atoms with Crippen molar-refractivity contribution in [1.82, 2.24) is 4.98 Å². The van der Waals surface area contributed by atoms with Crippen LogP contribution in [0.25, 0.3) is 0 Å². The lowest BCUT2D eigenvalue weighted by Crippen LogP contribution is -2.25. The molecule has 2 atom stereocenters. The zero-order valence-electron chi connectivity index (χ0n) is 9.92. The lowest BCUT2D eigenvalue weighted by atomic mass is 10.1. The normalized spacial score (nSPS) is 14.8. The number of hydrogen-bond acceptors (Lipinski definition) is 5. The van der Waals surface area contributed by atoms with Crippen LogP contribution in [-0.2, 0) is 0 Å². The number of rotatable bonds is 5. The van der Waals surface area contributed by atoms with E-state index in [0.717, 1.165) is 22.2 Å². The van der Waals surface area contributed by atoms with Crippen molar-refractivity contribution < 1.29 is 4.42 Å². The second-order valence-electron chi connectivity index (χ2n) is 3.88. The minimum Gasteiger partial charge on any atom is -0.468 e. The van der Waals surface area contributed by atoms with Crippen molar-refractivity contribution in [2.24, 2.45) is 5.73 Å². The number of thiazole rings is 1. The van der Waals surface area contributed by atoms with Crippen LogP contribution in [0.3, 0.4) is 0 Å². The summed E-state index contributed by atoms with van der Waals surface area (Å²) in [5, 5.41) is 2.19. The van der Waals surface area contributed by atoms with Gasteiger partial charge in [-0.25, -0.2) is 4.98 Å². The molecule has 0 bridgehead atoms. The van der Waals surface area contributed by atoms with Crippen LogP contribution in [0.15, 0.2) is 32.5 Å².